The maximum atomic E-state index is 11.0. The number of rotatable bonds is 6. The number of nitrogens with zero attached hydrogens (tertiary/aromatic N) is 3. The second kappa shape index (κ2) is 7.72. The van der Waals surface area contributed by atoms with Gasteiger partial charge in [-0.1, -0.05) is 41.1 Å². The van der Waals surface area contributed by atoms with E-state index >= 15 is 0 Å². The summed E-state index contributed by atoms with van der Waals surface area (Å²) in [5.41, 5.74) is 8.28. The van der Waals surface area contributed by atoms with Gasteiger partial charge in [-0.2, -0.15) is 0 Å². The molecule has 0 spiro atoms. The summed E-state index contributed by atoms with van der Waals surface area (Å²) in [6.07, 6.45) is 0.293. The normalized spacial score (nSPS) is 10.8. The van der Waals surface area contributed by atoms with Gasteiger partial charge in [-0.25, -0.2) is 0 Å². The maximum Gasteiger partial charge on any atom is 0.218 e. The number of amides is 1. The van der Waals surface area contributed by atoms with Crippen LogP contribution in [-0.4, -0.2) is 26.4 Å². The van der Waals surface area contributed by atoms with Crippen LogP contribution in [0.3, 0.4) is 0 Å². The number of nitrogens with two attached hydrogens (primary N) is 1. The predicted octanol–water partition coefficient (Wildman–Crippen LogP) is 3.86. The number of primary amides is 1. The van der Waals surface area contributed by atoms with Crippen molar-refractivity contribution in [3.63, 3.8) is 0 Å². The van der Waals surface area contributed by atoms with E-state index in [2.05, 4.69) is 10.2 Å². The summed E-state index contributed by atoms with van der Waals surface area (Å²) in [6, 6.07) is 15.6. The van der Waals surface area contributed by atoms with E-state index in [-0.39, 0.29) is 5.91 Å². The van der Waals surface area contributed by atoms with E-state index in [9.17, 15) is 4.79 Å². The Kier molecular flexibility index (Phi) is 5.40. The molecule has 0 unspecified atom stereocenters. The Bertz CT molecular complexity index is 875. The average Bonchev–Trinajstić information content (AvgIpc) is 3.00. The largest absolute Gasteiger partial charge is 0.370 e. The van der Waals surface area contributed by atoms with Crippen LogP contribution >= 0.6 is 23.4 Å². The summed E-state index contributed by atoms with van der Waals surface area (Å²) in [6.45, 7) is 2.04. The fraction of sp³-hybridized carbons (Fsp3) is 0.167. The number of thioether (sulfide) groups is 1. The van der Waals surface area contributed by atoms with Crippen LogP contribution in [0.15, 0.2) is 53.7 Å². The average molecular weight is 373 g/mol. The van der Waals surface area contributed by atoms with Gasteiger partial charge in [0.2, 0.25) is 5.91 Å². The van der Waals surface area contributed by atoms with Crippen LogP contribution in [0.2, 0.25) is 5.02 Å². The van der Waals surface area contributed by atoms with Crippen LogP contribution in [-0.2, 0) is 4.79 Å². The van der Waals surface area contributed by atoms with Crippen molar-refractivity contribution in [2.45, 2.75) is 18.5 Å². The minimum absolute atomic E-state index is 0.293. The van der Waals surface area contributed by atoms with Crippen LogP contribution in [0.1, 0.15) is 12.0 Å². The molecule has 3 rings (SSSR count). The van der Waals surface area contributed by atoms with Gasteiger partial charge in [0.1, 0.15) is 0 Å². The van der Waals surface area contributed by atoms with Gasteiger partial charge in [-0.05, 0) is 43.3 Å². The zero-order valence-electron chi connectivity index (χ0n) is 13.6. The van der Waals surface area contributed by atoms with E-state index in [4.69, 9.17) is 17.3 Å². The molecule has 0 fully saturated rings. The Morgan fingerprint density at radius 1 is 1.12 bits per heavy atom. The lowest BCUT2D eigenvalue weighted by atomic mass is 10.2. The minimum atomic E-state index is -0.327. The lowest BCUT2D eigenvalue weighted by molar-refractivity contribution is -0.117. The minimum Gasteiger partial charge on any atom is -0.370 e. The van der Waals surface area contributed by atoms with Gasteiger partial charge in [0.15, 0.2) is 11.0 Å². The van der Waals surface area contributed by atoms with Crippen molar-refractivity contribution >= 4 is 29.3 Å². The Hall–Kier alpha value is -2.31. The number of hydrogen-bond acceptors (Lipinski definition) is 4. The summed E-state index contributed by atoms with van der Waals surface area (Å²) in [5, 5.41) is 10.0. The van der Waals surface area contributed by atoms with Crippen molar-refractivity contribution < 1.29 is 4.79 Å². The number of hydrogen-bond donors (Lipinski definition) is 1. The fourth-order valence-corrected chi connectivity index (χ4v) is 3.35. The van der Waals surface area contributed by atoms with Gasteiger partial charge in [0.25, 0.3) is 0 Å². The second-order valence-corrected chi connectivity index (χ2v) is 7.05. The van der Waals surface area contributed by atoms with Crippen molar-refractivity contribution in [1.82, 2.24) is 14.8 Å². The monoisotopic (exact) mass is 372 g/mol. The van der Waals surface area contributed by atoms with Crippen LogP contribution in [0.4, 0.5) is 0 Å². The van der Waals surface area contributed by atoms with Gasteiger partial charge >= 0.3 is 0 Å². The van der Waals surface area contributed by atoms with Crippen molar-refractivity contribution in [2.75, 3.05) is 5.75 Å². The molecule has 5 nitrogen and oxygen atoms in total. The topological polar surface area (TPSA) is 73.8 Å². The van der Waals surface area contributed by atoms with Crippen molar-refractivity contribution in [1.29, 1.82) is 0 Å². The first-order valence-electron chi connectivity index (χ1n) is 7.74. The molecule has 0 radical (unpaired) electrons. The molecule has 0 saturated carbocycles. The molecule has 2 N–H and O–H groups in total. The Labute approximate surface area is 155 Å². The Morgan fingerprint density at radius 3 is 2.44 bits per heavy atom. The number of carbonyl (C=O) groups excluding carboxylic acids is 1. The number of aryl methyl sites for hydroxylation is 1. The zero-order valence-corrected chi connectivity index (χ0v) is 15.2. The van der Waals surface area contributed by atoms with Crippen LogP contribution in [0.5, 0.6) is 0 Å². The highest BCUT2D eigenvalue weighted by Crippen LogP contribution is 2.29. The highest BCUT2D eigenvalue weighted by atomic mass is 35.5. The second-order valence-electron chi connectivity index (χ2n) is 5.55. The third kappa shape index (κ3) is 4.21. The Balaban J connectivity index is 2.02. The molecule has 0 aliphatic carbocycles. The maximum absolute atomic E-state index is 11.0. The van der Waals surface area contributed by atoms with Crippen LogP contribution in [0, 0.1) is 6.92 Å². The summed E-state index contributed by atoms with van der Waals surface area (Å²) in [7, 11) is 0. The molecular weight excluding hydrogens is 356 g/mol. The quantitative estimate of drug-likeness (QED) is 0.666. The van der Waals surface area contributed by atoms with Crippen LogP contribution in [0.25, 0.3) is 17.1 Å². The molecule has 1 amide bonds. The Morgan fingerprint density at radius 2 is 1.80 bits per heavy atom. The standard InChI is InChI=1S/C18H17ClN4OS/c1-12-2-8-15(9-3-12)23-17(13-4-6-14(19)7-5-13)21-22-18(23)25-11-10-16(20)24/h2-9H,10-11H2,1H3,(H2,20,24). The summed E-state index contributed by atoms with van der Waals surface area (Å²) in [5.74, 6) is 0.953. The lowest BCUT2D eigenvalue weighted by Crippen LogP contribution is -2.11. The molecule has 0 atom stereocenters. The first-order chi connectivity index (χ1) is 12.0. The highest BCUT2D eigenvalue weighted by molar-refractivity contribution is 7.99. The van der Waals surface area contributed by atoms with E-state index in [1.54, 1.807) is 0 Å². The van der Waals surface area contributed by atoms with Gasteiger partial charge < -0.3 is 5.73 Å². The van der Waals surface area contributed by atoms with E-state index in [1.807, 2.05) is 60.0 Å². The predicted molar refractivity (Wildman–Crippen MR) is 101 cm³/mol. The molecule has 1 aromatic heterocycles. The van der Waals surface area contributed by atoms with Crippen molar-refractivity contribution in [2.24, 2.45) is 5.73 Å². The van der Waals surface area contributed by atoms with Crippen molar-refractivity contribution in [3.05, 3.63) is 59.1 Å². The summed E-state index contributed by atoms with van der Waals surface area (Å²) < 4.78 is 1.98. The summed E-state index contributed by atoms with van der Waals surface area (Å²) in [4.78, 5) is 11.0. The molecular formula is C18H17ClN4OS. The lowest BCUT2D eigenvalue weighted by Gasteiger charge is -2.10. The number of halogens is 1. The first-order valence-corrected chi connectivity index (χ1v) is 9.10. The zero-order chi connectivity index (χ0) is 17.8. The third-order valence-electron chi connectivity index (χ3n) is 3.61. The van der Waals surface area contributed by atoms with Gasteiger partial charge in [-0.3, -0.25) is 9.36 Å². The van der Waals surface area contributed by atoms with E-state index in [0.717, 1.165) is 22.2 Å². The van der Waals surface area contributed by atoms with Gasteiger partial charge in [0, 0.05) is 28.4 Å². The van der Waals surface area contributed by atoms with E-state index in [0.29, 0.717) is 17.2 Å². The van der Waals surface area contributed by atoms with Crippen molar-refractivity contribution in [3.8, 4) is 17.1 Å². The molecule has 2 aromatic carbocycles. The number of carbonyl (C=O) groups is 1. The molecule has 128 valence electrons. The molecule has 0 aliphatic heterocycles. The third-order valence-corrected chi connectivity index (χ3v) is 4.79. The number of benzene rings is 2. The van der Waals surface area contributed by atoms with Gasteiger partial charge in [-0.15, -0.1) is 10.2 Å². The smallest absolute Gasteiger partial charge is 0.218 e. The molecule has 0 aliphatic rings. The summed E-state index contributed by atoms with van der Waals surface area (Å²) >= 11 is 7.44. The molecule has 25 heavy (non-hydrogen) atoms. The number of aromatic nitrogens is 3. The fourth-order valence-electron chi connectivity index (χ4n) is 2.32. The van der Waals surface area contributed by atoms with E-state index < -0.39 is 0 Å². The highest BCUT2D eigenvalue weighted by Gasteiger charge is 2.16. The molecule has 0 bridgehead atoms. The molecule has 7 heteroatoms. The molecule has 1 heterocycles. The van der Waals surface area contributed by atoms with E-state index in [1.165, 1.54) is 17.3 Å². The first kappa shape index (κ1) is 17.5. The van der Waals surface area contributed by atoms with Gasteiger partial charge in [0.05, 0.1) is 0 Å². The van der Waals surface area contributed by atoms with Crippen LogP contribution < -0.4 is 5.73 Å². The SMILES string of the molecule is Cc1ccc(-n2c(SCCC(N)=O)nnc2-c2ccc(Cl)cc2)cc1. The molecule has 0 saturated heterocycles. The molecule has 3 aromatic rings.